The molecule has 2 rings (SSSR count). The fraction of sp³-hybridized carbons (Fsp3) is 0.214. The van der Waals surface area contributed by atoms with Gasteiger partial charge in [-0.25, -0.2) is 14.4 Å². The number of thioether (sulfide) groups is 1. The van der Waals surface area contributed by atoms with Gasteiger partial charge < -0.3 is 5.73 Å². The molecule has 0 spiro atoms. The van der Waals surface area contributed by atoms with Crippen LogP contribution in [0, 0.1) is 5.82 Å². The molecule has 0 saturated carbocycles. The molecule has 0 bridgehead atoms. The zero-order chi connectivity index (χ0) is 14.7. The summed E-state index contributed by atoms with van der Waals surface area (Å²) in [4.78, 5) is 20.5. The number of rotatable bonds is 4. The van der Waals surface area contributed by atoms with Crippen molar-refractivity contribution in [1.29, 1.82) is 0 Å². The molecule has 4 nitrogen and oxygen atoms in total. The number of hydrogen-bond donors (Lipinski definition) is 1. The standard InChI is InChI=1S/C14H14FN3OS/c1-3-8-4-5-9(15)6-10(8)12(19)11-7-17-14(20-2)18-13(11)16/h4-7H,3H2,1-2H3,(H2,16,17,18). The maximum atomic E-state index is 13.4. The average molecular weight is 291 g/mol. The molecule has 1 aromatic heterocycles. The minimum Gasteiger partial charge on any atom is -0.383 e. The Labute approximate surface area is 120 Å². The van der Waals surface area contributed by atoms with E-state index in [-0.39, 0.29) is 17.2 Å². The van der Waals surface area contributed by atoms with Crippen molar-refractivity contribution in [2.75, 3.05) is 12.0 Å². The minimum atomic E-state index is -0.453. The highest BCUT2D eigenvalue weighted by molar-refractivity contribution is 7.98. The molecular formula is C14H14FN3OS. The number of nitrogens with two attached hydrogens (primary N) is 1. The Morgan fingerprint density at radius 2 is 2.15 bits per heavy atom. The minimum absolute atomic E-state index is 0.112. The van der Waals surface area contributed by atoms with Gasteiger partial charge in [-0.2, -0.15) is 0 Å². The van der Waals surface area contributed by atoms with Crippen molar-refractivity contribution in [1.82, 2.24) is 9.97 Å². The Morgan fingerprint density at radius 1 is 1.40 bits per heavy atom. The largest absolute Gasteiger partial charge is 0.383 e. The molecule has 0 aliphatic rings. The van der Waals surface area contributed by atoms with E-state index >= 15 is 0 Å². The lowest BCUT2D eigenvalue weighted by Crippen LogP contribution is -2.11. The van der Waals surface area contributed by atoms with Crippen molar-refractivity contribution in [3.05, 3.63) is 46.9 Å². The van der Waals surface area contributed by atoms with E-state index in [1.54, 1.807) is 6.07 Å². The van der Waals surface area contributed by atoms with Gasteiger partial charge >= 0.3 is 0 Å². The molecule has 0 fully saturated rings. The fourth-order valence-corrected chi connectivity index (χ4v) is 2.21. The molecule has 104 valence electrons. The maximum Gasteiger partial charge on any atom is 0.198 e. The number of halogens is 1. The van der Waals surface area contributed by atoms with Crippen LogP contribution in [0.15, 0.2) is 29.6 Å². The number of nitrogen functional groups attached to an aromatic ring is 1. The van der Waals surface area contributed by atoms with E-state index in [9.17, 15) is 9.18 Å². The second kappa shape index (κ2) is 6.00. The van der Waals surface area contributed by atoms with Gasteiger partial charge in [-0.1, -0.05) is 24.8 Å². The topological polar surface area (TPSA) is 68.9 Å². The second-order valence-corrected chi connectivity index (χ2v) is 4.91. The first-order chi connectivity index (χ1) is 9.56. The van der Waals surface area contributed by atoms with Crippen LogP contribution in [0.3, 0.4) is 0 Å². The predicted octanol–water partition coefficient (Wildman–Crippen LogP) is 2.71. The van der Waals surface area contributed by atoms with Crippen LogP contribution in [0.25, 0.3) is 0 Å². The first-order valence-electron chi connectivity index (χ1n) is 6.06. The summed E-state index contributed by atoms with van der Waals surface area (Å²) in [5.74, 6) is -0.696. The summed E-state index contributed by atoms with van der Waals surface area (Å²) in [5, 5.41) is 0.494. The summed E-state index contributed by atoms with van der Waals surface area (Å²) in [6, 6.07) is 4.17. The van der Waals surface area contributed by atoms with Gasteiger partial charge in [0.05, 0.1) is 5.56 Å². The van der Waals surface area contributed by atoms with Gasteiger partial charge in [0.2, 0.25) is 0 Å². The van der Waals surface area contributed by atoms with E-state index in [0.29, 0.717) is 17.1 Å². The third kappa shape index (κ3) is 2.80. The highest BCUT2D eigenvalue weighted by atomic mass is 32.2. The quantitative estimate of drug-likeness (QED) is 0.533. The van der Waals surface area contributed by atoms with E-state index in [1.165, 1.54) is 30.1 Å². The molecule has 0 aliphatic carbocycles. The van der Waals surface area contributed by atoms with Crippen LogP contribution in [-0.2, 0) is 6.42 Å². The zero-order valence-electron chi connectivity index (χ0n) is 11.2. The normalized spacial score (nSPS) is 10.6. The third-order valence-electron chi connectivity index (χ3n) is 2.92. The number of nitrogens with zero attached hydrogens (tertiary/aromatic N) is 2. The molecule has 2 N–H and O–H groups in total. The third-order valence-corrected chi connectivity index (χ3v) is 3.48. The molecule has 0 saturated heterocycles. The molecule has 6 heteroatoms. The first kappa shape index (κ1) is 14.5. The molecule has 0 atom stereocenters. The van der Waals surface area contributed by atoms with Gasteiger partial charge in [0.15, 0.2) is 10.9 Å². The number of hydrogen-bond acceptors (Lipinski definition) is 5. The SMILES string of the molecule is CCc1ccc(F)cc1C(=O)c1cnc(SC)nc1N. The summed E-state index contributed by atoms with van der Waals surface area (Å²) in [5.41, 5.74) is 7.06. The van der Waals surface area contributed by atoms with E-state index in [4.69, 9.17) is 5.73 Å². The number of carbonyl (C=O) groups excluding carboxylic acids is 1. The smallest absolute Gasteiger partial charge is 0.198 e. The van der Waals surface area contributed by atoms with E-state index in [0.717, 1.165) is 5.56 Å². The van der Waals surface area contributed by atoms with Gasteiger partial charge in [-0.05, 0) is 30.4 Å². The van der Waals surface area contributed by atoms with Crippen LogP contribution in [0.1, 0.15) is 28.4 Å². The Hall–Kier alpha value is -1.95. The van der Waals surface area contributed by atoms with Crippen molar-refractivity contribution < 1.29 is 9.18 Å². The van der Waals surface area contributed by atoms with Crippen LogP contribution in [0.5, 0.6) is 0 Å². The van der Waals surface area contributed by atoms with Gasteiger partial charge in [0.1, 0.15) is 11.6 Å². The number of ketones is 1. The van der Waals surface area contributed by atoms with Crippen molar-refractivity contribution >= 4 is 23.4 Å². The first-order valence-corrected chi connectivity index (χ1v) is 7.29. The summed E-state index contributed by atoms with van der Waals surface area (Å²) < 4.78 is 13.4. The molecule has 0 aliphatic heterocycles. The van der Waals surface area contributed by atoms with Crippen LogP contribution in [-0.4, -0.2) is 22.0 Å². The Morgan fingerprint density at radius 3 is 2.75 bits per heavy atom. The highest BCUT2D eigenvalue weighted by Gasteiger charge is 2.18. The molecule has 0 radical (unpaired) electrons. The van der Waals surface area contributed by atoms with E-state index < -0.39 is 5.82 Å². The predicted molar refractivity (Wildman–Crippen MR) is 77.4 cm³/mol. The Kier molecular flexibility index (Phi) is 4.34. The lowest BCUT2D eigenvalue weighted by Gasteiger charge is -2.09. The number of anilines is 1. The highest BCUT2D eigenvalue weighted by Crippen LogP contribution is 2.20. The van der Waals surface area contributed by atoms with Gasteiger partial charge in [-0.3, -0.25) is 4.79 Å². The van der Waals surface area contributed by atoms with Gasteiger partial charge in [0, 0.05) is 11.8 Å². The van der Waals surface area contributed by atoms with Crippen LogP contribution < -0.4 is 5.73 Å². The van der Waals surface area contributed by atoms with Gasteiger partial charge in [-0.15, -0.1) is 0 Å². The molecule has 20 heavy (non-hydrogen) atoms. The zero-order valence-corrected chi connectivity index (χ0v) is 12.0. The molecular weight excluding hydrogens is 277 g/mol. The van der Waals surface area contributed by atoms with Gasteiger partial charge in [0.25, 0.3) is 0 Å². The fourth-order valence-electron chi connectivity index (χ4n) is 1.86. The molecule has 1 aromatic carbocycles. The molecule has 2 aromatic rings. The molecule has 0 unspecified atom stereocenters. The number of aryl methyl sites for hydroxylation is 1. The molecule has 0 amide bonds. The lowest BCUT2D eigenvalue weighted by molar-refractivity contribution is 0.103. The lowest BCUT2D eigenvalue weighted by atomic mass is 9.98. The summed E-state index contributed by atoms with van der Waals surface area (Å²) in [6.07, 6.45) is 3.84. The number of aromatic nitrogens is 2. The van der Waals surface area contributed by atoms with Crippen molar-refractivity contribution in [2.45, 2.75) is 18.5 Å². The van der Waals surface area contributed by atoms with Crippen molar-refractivity contribution in [3.63, 3.8) is 0 Å². The maximum absolute atomic E-state index is 13.4. The van der Waals surface area contributed by atoms with Crippen LogP contribution >= 0.6 is 11.8 Å². The average Bonchev–Trinajstić information content (AvgIpc) is 2.46. The monoisotopic (exact) mass is 291 g/mol. The van der Waals surface area contributed by atoms with Crippen LogP contribution in [0.2, 0.25) is 0 Å². The summed E-state index contributed by atoms with van der Waals surface area (Å²) >= 11 is 1.34. The van der Waals surface area contributed by atoms with Crippen molar-refractivity contribution in [2.24, 2.45) is 0 Å². The summed E-state index contributed by atoms with van der Waals surface area (Å²) in [6.45, 7) is 1.90. The molecule has 1 heterocycles. The van der Waals surface area contributed by atoms with Crippen molar-refractivity contribution in [3.8, 4) is 0 Å². The number of carbonyl (C=O) groups is 1. The Bertz CT molecular complexity index is 661. The number of benzene rings is 1. The summed E-state index contributed by atoms with van der Waals surface area (Å²) in [7, 11) is 0. The Balaban J connectivity index is 2.48. The second-order valence-electron chi connectivity index (χ2n) is 4.14. The van der Waals surface area contributed by atoms with Crippen LogP contribution in [0.4, 0.5) is 10.2 Å². The van der Waals surface area contributed by atoms with E-state index in [2.05, 4.69) is 9.97 Å². The van der Waals surface area contributed by atoms with E-state index in [1.807, 2.05) is 13.2 Å².